The maximum absolute atomic E-state index is 11.3. The summed E-state index contributed by atoms with van der Waals surface area (Å²) < 4.78 is 22.7. The predicted octanol–water partition coefficient (Wildman–Crippen LogP) is 1.05. The highest BCUT2D eigenvalue weighted by atomic mass is 32.2. The van der Waals surface area contributed by atoms with Crippen LogP contribution in [-0.4, -0.2) is 33.0 Å². The molecule has 2 unspecified atom stereocenters. The lowest BCUT2D eigenvalue weighted by Crippen LogP contribution is -2.48. The Bertz CT molecular complexity index is 251. The van der Waals surface area contributed by atoms with Crippen molar-refractivity contribution in [3.63, 3.8) is 0 Å². The van der Waals surface area contributed by atoms with Crippen LogP contribution in [0.1, 0.15) is 27.7 Å². The first-order valence-electron chi connectivity index (χ1n) is 4.47. The monoisotopic (exact) mass is 207 g/mol. The van der Waals surface area contributed by atoms with E-state index in [1.807, 2.05) is 20.8 Å². The molecule has 0 aromatic heterocycles. The minimum atomic E-state index is -2.96. The van der Waals surface area contributed by atoms with Crippen LogP contribution in [-0.2, 0) is 9.84 Å². The van der Waals surface area contributed by atoms with Crippen molar-refractivity contribution in [1.82, 2.24) is 5.32 Å². The molecule has 0 heterocycles. The smallest absolute Gasteiger partial charge is 0.151 e. The quantitative estimate of drug-likeness (QED) is 0.752. The van der Waals surface area contributed by atoms with Crippen LogP contribution in [0.3, 0.4) is 0 Å². The number of hydrogen-bond donors (Lipinski definition) is 1. The van der Waals surface area contributed by atoms with Gasteiger partial charge in [-0.15, -0.1) is 0 Å². The van der Waals surface area contributed by atoms with Gasteiger partial charge in [-0.05, 0) is 19.4 Å². The zero-order valence-electron chi connectivity index (χ0n) is 9.38. The summed E-state index contributed by atoms with van der Waals surface area (Å²) in [5.74, 6) is 0. The first kappa shape index (κ1) is 12.9. The predicted molar refractivity (Wildman–Crippen MR) is 56.6 cm³/mol. The second-order valence-corrected chi connectivity index (χ2v) is 7.07. The molecular weight excluding hydrogens is 186 g/mol. The van der Waals surface area contributed by atoms with Gasteiger partial charge in [0.1, 0.15) is 0 Å². The first-order chi connectivity index (χ1) is 5.60. The number of nitrogens with one attached hydrogen (secondary N) is 1. The summed E-state index contributed by atoms with van der Waals surface area (Å²) in [6.45, 7) is 7.86. The number of rotatable bonds is 3. The van der Waals surface area contributed by atoms with Gasteiger partial charge >= 0.3 is 0 Å². The lowest BCUT2D eigenvalue weighted by molar-refractivity contribution is 0.276. The molecule has 0 saturated heterocycles. The van der Waals surface area contributed by atoms with E-state index < -0.39 is 9.84 Å². The Morgan fingerprint density at radius 1 is 1.23 bits per heavy atom. The summed E-state index contributed by atoms with van der Waals surface area (Å²) in [6, 6.07) is -0.0116. The highest BCUT2D eigenvalue weighted by Gasteiger charge is 2.33. The van der Waals surface area contributed by atoms with Crippen molar-refractivity contribution in [2.75, 3.05) is 13.3 Å². The van der Waals surface area contributed by atoms with Crippen LogP contribution in [0, 0.1) is 5.41 Å². The van der Waals surface area contributed by atoms with E-state index in [9.17, 15) is 8.42 Å². The average Bonchev–Trinajstić information content (AvgIpc) is 1.83. The van der Waals surface area contributed by atoms with E-state index in [1.165, 1.54) is 6.26 Å². The van der Waals surface area contributed by atoms with Gasteiger partial charge in [-0.3, -0.25) is 0 Å². The molecule has 0 aliphatic rings. The Labute approximate surface area is 81.8 Å². The largest absolute Gasteiger partial charge is 0.315 e. The van der Waals surface area contributed by atoms with Crippen molar-refractivity contribution >= 4 is 9.84 Å². The fraction of sp³-hybridized carbons (Fsp3) is 1.00. The van der Waals surface area contributed by atoms with Crippen LogP contribution in [0.5, 0.6) is 0 Å². The third-order valence-corrected chi connectivity index (χ3v) is 4.01. The van der Waals surface area contributed by atoms with Crippen molar-refractivity contribution < 1.29 is 8.42 Å². The van der Waals surface area contributed by atoms with Gasteiger partial charge in [0, 0.05) is 12.3 Å². The van der Waals surface area contributed by atoms with Crippen molar-refractivity contribution in [3.05, 3.63) is 0 Å². The van der Waals surface area contributed by atoms with Gasteiger partial charge in [-0.2, -0.15) is 0 Å². The summed E-state index contributed by atoms with van der Waals surface area (Å²) in [4.78, 5) is 0. The number of hydrogen-bond acceptors (Lipinski definition) is 3. The maximum Gasteiger partial charge on any atom is 0.151 e. The van der Waals surface area contributed by atoms with E-state index in [-0.39, 0.29) is 16.7 Å². The van der Waals surface area contributed by atoms with Crippen molar-refractivity contribution in [2.24, 2.45) is 5.41 Å². The first-order valence-corrected chi connectivity index (χ1v) is 6.42. The van der Waals surface area contributed by atoms with Gasteiger partial charge in [0.05, 0.1) is 5.25 Å². The molecule has 4 heteroatoms. The Kier molecular flexibility index (Phi) is 3.94. The van der Waals surface area contributed by atoms with E-state index in [2.05, 4.69) is 5.32 Å². The molecule has 0 aliphatic carbocycles. The minimum Gasteiger partial charge on any atom is -0.315 e. The molecular formula is C9H21NO2S. The second kappa shape index (κ2) is 3.96. The normalized spacial score (nSPS) is 18.3. The Morgan fingerprint density at radius 2 is 1.62 bits per heavy atom. The van der Waals surface area contributed by atoms with Crippen LogP contribution in [0.2, 0.25) is 0 Å². The van der Waals surface area contributed by atoms with E-state index in [1.54, 1.807) is 14.0 Å². The maximum atomic E-state index is 11.3. The van der Waals surface area contributed by atoms with Gasteiger partial charge in [0.2, 0.25) is 0 Å². The van der Waals surface area contributed by atoms with Crippen LogP contribution in [0.15, 0.2) is 0 Å². The fourth-order valence-corrected chi connectivity index (χ4v) is 2.66. The van der Waals surface area contributed by atoms with E-state index in [0.717, 1.165) is 0 Å². The van der Waals surface area contributed by atoms with Crippen LogP contribution in [0.4, 0.5) is 0 Å². The summed E-state index contributed by atoms with van der Waals surface area (Å²) in [6.07, 6.45) is 1.29. The molecule has 0 amide bonds. The Morgan fingerprint density at radius 3 is 1.69 bits per heavy atom. The zero-order chi connectivity index (χ0) is 10.9. The van der Waals surface area contributed by atoms with E-state index in [4.69, 9.17) is 0 Å². The van der Waals surface area contributed by atoms with Gasteiger partial charge in [-0.1, -0.05) is 20.8 Å². The van der Waals surface area contributed by atoms with Crippen molar-refractivity contribution in [3.8, 4) is 0 Å². The lowest BCUT2D eigenvalue weighted by Gasteiger charge is -2.34. The van der Waals surface area contributed by atoms with Crippen LogP contribution in [0.25, 0.3) is 0 Å². The molecule has 0 aromatic rings. The molecule has 0 aliphatic heterocycles. The molecule has 0 fully saturated rings. The van der Waals surface area contributed by atoms with E-state index >= 15 is 0 Å². The van der Waals surface area contributed by atoms with Gasteiger partial charge in [0.25, 0.3) is 0 Å². The third-order valence-electron chi connectivity index (χ3n) is 2.39. The summed E-state index contributed by atoms with van der Waals surface area (Å²) in [7, 11) is -1.16. The zero-order valence-corrected chi connectivity index (χ0v) is 10.2. The Balaban J connectivity index is 4.82. The average molecular weight is 207 g/mol. The summed E-state index contributed by atoms with van der Waals surface area (Å²) in [5, 5.41) is 2.72. The molecule has 0 radical (unpaired) electrons. The molecule has 80 valence electrons. The van der Waals surface area contributed by atoms with Gasteiger partial charge in [-0.25, -0.2) is 8.42 Å². The van der Waals surface area contributed by atoms with Crippen molar-refractivity contribution in [1.29, 1.82) is 0 Å². The topological polar surface area (TPSA) is 46.2 Å². The highest BCUT2D eigenvalue weighted by molar-refractivity contribution is 7.91. The fourth-order valence-electron chi connectivity index (χ4n) is 1.62. The SMILES string of the molecule is CNC(C(C)S(C)(=O)=O)C(C)(C)C. The standard InChI is InChI=1S/C9H21NO2S/c1-7(13(6,11)12)8(10-5)9(2,3)4/h7-8,10H,1-6H3. The highest BCUT2D eigenvalue weighted by Crippen LogP contribution is 2.24. The molecule has 3 nitrogen and oxygen atoms in total. The molecule has 0 aromatic carbocycles. The summed E-state index contributed by atoms with van der Waals surface area (Å²) >= 11 is 0. The second-order valence-electron chi connectivity index (χ2n) is 4.67. The molecule has 0 rings (SSSR count). The molecule has 2 atom stereocenters. The minimum absolute atomic E-state index is 0.0116. The molecule has 1 N–H and O–H groups in total. The molecule has 13 heavy (non-hydrogen) atoms. The Hall–Kier alpha value is -0.0900. The van der Waals surface area contributed by atoms with Crippen LogP contribution < -0.4 is 5.32 Å². The van der Waals surface area contributed by atoms with Crippen molar-refractivity contribution in [2.45, 2.75) is 39.0 Å². The molecule has 0 bridgehead atoms. The van der Waals surface area contributed by atoms with E-state index in [0.29, 0.717) is 0 Å². The molecule has 0 spiro atoms. The van der Waals surface area contributed by atoms with Gasteiger partial charge in [0.15, 0.2) is 9.84 Å². The summed E-state index contributed by atoms with van der Waals surface area (Å²) in [5.41, 5.74) is -0.0444. The van der Waals surface area contributed by atoms with Gasteiger partial charge < -0.3 is 5.32 Å². The van der Waals surface area contributed by atoms with Crippen LogP contribution >= 0.6 is 0 Å². The number of sulfone groups is 1. The third kappa shape index (κ3) is 3.65. The lowest BCUT2D eigenvalue weighted by atomic mass is 9.85. The molecule has 0 saturated carbocycles.